The summed E-state index contributed by atoms with van der Waals surface area (Å²) >= 11 is 0. The zero-order valence-corrected chi connectivity index (χ0v) is 19.6. The molecule has 176 valence electrons. The summed E-state index contributed by atoms with van der Waals surface area (Å²) in [7, 11) is 0. The van der Waals surface area contributed by atoms with Gasteiger partial charge < -0.3 is 15.1 Å². The van der Waals surface area contributed by atoms with Crippen LogP contribution >= 0.6 is 0 Å². The predicted molar refractivity (Wildman–Crippen MR) is 135 cm³/mol. The van der Waals surface area contributed by atoms with Gasteiger partial charge in [0.1, 0.15) is 5.75 Å². The predicted octanol–water partition coefficient (Wildman–Crippen LogP) is 6.82. The molecule has 1 unspecified atom stereocenters. The van der Waals surface area contributed by atoms with Crippen LogP contribution in [0.3, 0.4) is 0 Å². The van der Waals surface area contributed by atoms with Crippen LogP contribution in [0.2, 0.25) is 0 Å². The number of pyridine rings is 1. The third-order valence-corrected chi connectivity index (χ3v) is 6.00. The van der Waals surface area contributed by atoms with Crippen molar-refractivity contribution in [2.75, 3.05) is 0 Å². The Hall–Kier alpha value is -4.45. The van der Waals surface area contributed by atoms with Gasteiger partial charge in [-0.15, -0.1) is 0 Å². The standard InChI is InChI=1S/C29H26N2O4/c1-19-6-3-4-9-26(19)27(18-28(31-34)24-14-15-30-20(2)16-24)22-12-10-21(11-13-22)23-7-5-8-25(17-23)35-29(32)33/h3-17,27,34H,18H2,1-2H3,(H,32,33). The van der Waals surface area contributed by atoms with Gasteiger partial charge in [0.2, 0.25) is 0 Å². The summed E-state index contributed by atoms with van der Waals surface area (Å²) in [5, 5.41) is 22.4. The Balaban J connectivity index is 1.69. The van der Waals surface area contributed by atoms with E-state index in [2.05, 4.69) is 41.3 Å². The molecule has 0 spiro atoms. The maximum Gasteiger partial charge on any atom is 0.511 e. The second-order valence-electron chi connectivity index (χ2n) is 8.36. The van der Waals surface area contributed by atoms with E-state index in [9.17, 15) is 10.0 Å². The average molecular weight is 467 g/mol. The largest absolute Gasteiger partial charge is 0.511 e. The average Bonchev–Trinajstić information content (AvgIpc) is 2.85. The highest BCUT2D eigenvalue weighted by Gasteiger charge is 2.20. The Labute approximate surface area is 204 Å². The molecule has 3 aromatic carbocycles. The molecule has 4 rings (SSSR count). The fraction of sp³-hybridized carbons (Fsp3) is 0.138. The number of ether oxygens (including phenoxy) is 1. The van der Waals surface area contributed by atoms with Gasteiger partial charge >= 0.3 is 6.16 Å². The quantitative estimate of drug-likeness (QED) is 0.102. The van der Waals surface area contributed by atoms with Gasteiger partial charge in [-0.1, -0.05) is 65.8 Å². The van der Waals surface area contributed by atoms with Crippen molar-refractivity contribution in [2.24, 2.45) is 5.16 Å². The van der Waals surface area contributed by atoms with Gasteiger partial charge in [0, 0.05) is 29.8 Å². The van der Waals surface area contributed by atoms with Gasteiger partial charge in [-0.05, 0) is 65.9 Å². The molecule has 2 N–H and O–H groups in total. The van der Waals surface area contributed by atoms with Crippen molar-refractivity contribution in [3.05, 3.63) is 119 Å². The van der Waals surface area contributed by atoms with E-state index in [1.165, 1.54) is 0 Å². The lowest BCUT2D eigenvalue weighted by molar-refractivity contribution is 0.144. The van der Waals surface area contributed by atoms with Gasteiger partial charge in [0.15, 0.2) is 0 Å². The van der Waals surface area contributed by atoms with E-state index in [1.54, 1.807) is 24.4 Å². The lowest BCUT2D eigenvalue weighted by Gasteiger charge is -2.21. The van der Waals surface area contributed by atoms with Gasteiger partial charge in [-0.3, -0.25) is 4.98 Å². The number of hydrogen-bond donors (Lipinski definition) is 2. The normalized spacial score (nSPS) is 12.2. The van der Waals surface area contributed by atoms with E-state index in [0.29, 0.717) is 12.1 Å². The van der Waals surface area contributed by atoms with Crippen LogP contribution in [0.25, 0.3) is 11.1 Å². The highest BCUT2D eigenvalue weighted by Crippen LogP contribution is 2.34. The molecule has 1 atom stereocenters. The van der Waals surface area contributed by atoms with Crippen molar-refractivity contribution in [1.82, 2.24) is 4.98 Å². The van der Waals surface area contributed by atoms with Crippen LogP contribution < -0.4 is 4.74 Å². The molecule has 4 aromatic rings. The first kappa shape index (κ1) is 23.7. The number of oxime groups is 1. The van der Waals surface area contributed by atoms with E-state index in [0.717, 1.165) is 39.1 Å². The topological polar surface area (TPSA) is 92.0 Å². The Kier molecular flexibility index (Phi) is 7.21. The number of carbonyl (C=O) groups is 1. The molecule has 0 aliphatic rings. The molecule has 0 aliphatic carbocycles. The molecule has 1 heterocycles. The molecular weight excluding hydrogens is 440 g/mol. The maximum absolute atomic E-state index is 10.9. The third-order valence-electron chi connectivity index (χ3n) is 6.00. The molecule has 1 aromatic heterocycles. The maximum atomic E-state index is 10.9. The third kappa shape index (κ3) is 5.73. The molecule has 6 nitrogen and oxygen atoms in total. The van der Waals surface area contributed by atoms with Gasteiger partial charge in [-0.2, -0.15) is 0 Å². The lowest BCUT2D eigenvalue weighted by atomic mass is 9.83. The molecule has 0 bridgehead atoms. The monoisotopic (exact) mass is 466 g/mol. The van der Waals surface area contributed by atoms with Crippen molar-refractivity contribution in [3.8, 4) is 16.9 Å². The molecule has 0 fully saturated rings. The number of aryl methyl sites for hydroxylation is 2. The number of aromatic nitrogens is 1. The summed E-state index contributed by atoms with van der Waals surface area (Å²) in [5.41, 5.74) is 7.47. The summed E-state index contributed by atoms with van der Waals surface area (Å²) in [6.45, 7) is 3.99. The minimum atomic E-state index is -1.34. The minimum absolute atomic E-state index is 0.0358. The van der Waals surface area contributed by atoms with Crippen LogP contribution in [-0.4, -0.2) is 27.2 Å². The number of benzene rings is 3. The van der Waals surface area contributed by atoms with Crippen molar-refractivity contribution in [1.29, 1.82) is 0 Å². The first-order valence-corrected chi connectivity index (χ1v) is 11.2. The molecule has 0 saturated heterocycles. The second kappa shape index (κ2) is 10.7. The highest BCUT2D eigenvalue weighted by molar-refractivity contribution is 6.01. The van der Waals surface area contributed by atoms with Crippen LogP contribution in [-0.2, 0) is 0 Å². The summed E-state index contributed by atoms with van der Waals surface area (Å²) in [5.74, 6) is 0.236. The Morgan fingerprint density at radius 2 is 1.71 bits per heavy atom. The van der Waals surface area contributed by atoms with Crippen LogP contribution in [0.15, 0.2) is 96.3 Å². The molecule has 6 heteroatoms. The Morgan fingerprint density at radius 1 is 0.943 bits per heavy atom. The molecule has 0 saturated carbocycles. The Morgan fingerprint density at radius 3 is 2.40 bits per heavy atom. The fourth-order valence-corrected chi connectivity index (χ4v) is 4.27. The smallest absolute Gasteiger partial charge is 0.449 e. The molecule has 0 amide bonds. The molecule has 35 heavy (non-hydrogen) atoms. The summed E-state index contributed by atoms with van der Waals surface area (Å²) in [6, 6.07) is 27.1. The van der Waals surface area contributed by atoms with E-state index in [4.69, 9.17) is 9.84 Å². The van der Waals surface area contributed by atoms with Crippen molar-refractivity contribution in [2.45, 2.75) is 26.2 Å². The highest BCUT2D eigenvalue weighted by atomic mass is 16.7. The summed E-state index contributed by atoms with van der Waals surface area (Å²) < 4.78 is 4.79. The SMILES string of the molecule is Cc1cc(C(CC(c2ccc(-c3cccc(OC(=O)O)c3)cc2)c2ccccc2C)=NO)ccn1. The van der Waals surface area contributed by atoms with Crippen LogP contribution in [0.1, 0.15) is 40.3 Å². The van der Waals surface area contributed by atoms with Crippen molar-refractivity contribution >= 4 is 11.9 Å². The van der Waals surface area contributed by atoms with E-state index in [1.807, 2.05) is 49.4 Å². The van der Waals surface area contributed by atoms with Crippen LogP contribution in [0.4, 0.5) is 4.79 Å². The number of carboxylic acid groups (broad SMARTS) is 1. The van der Waals surface area contributed by atoms with E-state index >= 15 is 0 Å². The first-order chi connectivity index (χ1) is 16.9. The zero-order chi connectivity index (χ0) is 24.8. The summed E-state index contributed by atoms with van der Waals surface area (Å²) in [4.78, 5) is 15.1. The zero-order valence-electron chi connectivity index (χ0n) is 19.6. The van der Waals surface area contributed by atoms with Crippen LogP contribution in [0, 0.1) is 13.8 Å². The number of hydrogen-bond acceptors (Lipinski definition) is 5. The fourth-order valence-electron chi connectivity index (χ4n) is 4.27. The van der Waals surface area contributed by atoms with Crippen molar-refractivity contribution in [3.63, 3.8) is 0 Å². The first-order valence-electron chi connectivity index (χ1n) is 11.2. The lowest BCUT2D eigenvalue weighted by Crippen LogP contribution is -2.12. The van der Waals surface area contributed by atoms with Crippen LogP contribution in [0.5, 0.6) is 5.75 Å². The second-order valence-corrected chi connectivity index (χ2v) is 8.36. The Bertz CT molecular complexity index is 1360. The molecular formula is C29H26N2O4. The van der Waals surface area contributed by atoms with Gasteiger partial charge in [-0.25, -0.2) is 4.79 Å². The van der Waals surface area contributed by atoms with E-state index < -0.39 is 6.16 Å². The summed E-state index contributed by atoms with van der Waals surface area (Å²) in [6.07, 6.45) is 0.881. The molecule has 0 aliphatic heterocycles. The van der Waals surface area contributed by atoms with Crippen molar-refractivity contribution < 1.29 is 19.8 Å². The number of rotatable bonds is 7. The number of nitrogens with zero attached hydrogens (tertiary/aromatic N) is 2. The van der Waals surface area contributed by atoms with E-state index in [-0.39, 0.29) is 11.7 Å². The minimum Gasteiger partial charge on any atom is -0.449 e. The molecule has 0 radical (unpaired) electrons. The van der Waals surface area contributed by atoms with Gasteiger partial charge in [0.05, 0.1) is 5.71 Å². The van der Waals surface area contributed by atoms with Gasteiger partial charge in [0.25, 0.3) is 0 Å².